The number of hydrogen-bond acceptors (Lipinski definition) is 6. The van der Waals surface area contributed by atoms with Crippen LogP contribution in [0.4, 0.5) is 9.59 Å². The molecule has 43 heavy (non-hydrogen) atoms. The number of nitrogens with zero attached hydrogens (tertiary/aromatic N) is 3. The van der Waals surface area contributed by atoms with Crippen molar-refractivity contribution in [3.05, 3.63) is 71.3 Å². The van der Waals surface area contributed by atoms with Crippen molar-refractivity contribution in [2.75, 3.05) is 19.5 Å². The summed E-state index contributed by atoms with van der Waals surface area (Å²) in [6.07, 6.45) is 6.42. The van der Waals surface area contributed by atoms with E-state index >= 15 is 0 Å². The van der Waals surface area contributed by atoms with Crippen molar-refractivity contribution >= 4 is 25.1 Å². The fourth-order valence-corrected chi connectivity index (χ4v) is 5.82. The largest absolute Gasteiger partial charge is 0.472 e. The third-order valence-corrected chi connectivity index (χ3v) is 8.15. The van der Waals surface area contributed by atoms with E-state index in [0.29, 0.717) is 26.2 Å². The van der Waals surface area contributed by atoms with Gasteiger partial charge in [0.15, 0.2) is 0 Å². The number of unbranched alkanes of at least 4 members (excludes halogenated alkanes) is 6. The smallest absolute Gasteiger partial charge is 0.444 e. The van der Waals surface area contributed by atoms with Crippen LogP contribution in [0.5, 0.6) is 0 Å². The van der Waals surface area contributed by atoms with Crippen LogP contribution in [0.3, 0.4) is 0 Å². The maximum Gasteiger partial charge on any atom is 0.472 e. The van der Waals surface area contributed by atoms with Gasteiger partial charge in [-0.2, -0.15) is 0 Å². The Morgan fingerprint density at radius 2 is 1.56 bits per heavy atom. The fourth-order valence-electron chi connectivity index (χ4n) is 5.82. The number of fused-ring (bicyclic) bond motifs is 1. The first-order valence-electron chi connectivity index (χ1n) is 15.6. The average molecular weight is 593 g/mol. The zero-order valence-electron chi connectivity index (χ0n) is 25.2. The molecule has 232 valence electrons. The molecule has 4 rings (SSSR count). The summed E-state index contributed by atoms with van der Waals surface area (Å²) in [5.74, 6) is -0.510. The molecule has 0 spiro atoms. The van der Waals surface area contributed by atoms with Crippen molar-refractivity contribution in [1.82, 2.24) is 20.0 Å². The highest BCUT2D eigenvalue weighted by Crippen LogP contribution is 2.27. The Kier molecular flexibility index (Phi) is 12.3. The summed E-state index contributed by atoms with van der Waals surface area (Å²) in [6, 6.07) is 16.4. The van der Waals surface area contributed by atoms with Gasteiger partial charge in [0.1, 0.15) is 12.1 Å². The van der Waals surface area contributed by atoms with Crippen LogP contribution in [-0.2, 0) is 29.2 Å². The number of ether oxygens (including phenoxy) is 1. The second kappa shape index (κ2) is 16.3. The Morgan fingerprint density at radius 3 is 2.21 bits per heavy atom. The van der Waals surface area contributed by atoms with Gasteiger partial charge < -0.3 is 29.9 Å². The maximum atomic E-state index is 14.1. The lowest BCUT2D eigenvalue weighted by Crippen LogP contribution is -2.52. The molecule has 0 radical (unpaired) electrons. The van der Waals surface area contributed by atoms with Crippen molar-refractivity contribution in [2.45, 2.75) is 90.1 Å². The number of likely N-dealkylation sites (tertiary alicyclic amines) is 1. The molecule has 0 saturated carbocycles. The molecule has 0 aliphatic carbocycles. The number of amides is 4. The third-order valence-electron chi connectivity index (χ3n) is 8.15. The molecule has 2 aliphatic heterocycles. The maximum absolute atomic E-state index is 14.1. The third kappa shape index (κ3) is 9.46. The molecule has 2 aromatic carbocycles. The van der Waals surface area contributed by atoms with Crippen molar-refractivity contribution in [3.63, 3.8) is 0 Å². The molecular formula is C32H45BN4O6. The van der Waals surface area contributed by atoms with Gasteiger partial charge in [0, 0.05) is 32.6 Å². The normalized spacial score (nSPS) is 17.5. The van der Waals surface area contributed by atoms with Crippen LogP contribution in [-0.4, -0.2) is 81.6 Å². The van der Waals surface area contributed by atoms with E-state index < -0.39 is 31.3 Å². The minimum Gasteiger partial charge on any atom is -0.444 e. The predicted molar refractivity (Wildman–Crippen MR) is 165 cm³/mol. The predicted octanol–water partition coefficient (Wildman–Crippen LogP) is 4.08. The summed E-state index contributed by atoms with van der Waals surface area (Å²) < 4.78 is 5.85. The number of hydrogen-bond donors (Lipinski definition) is 3. The molecule has 10 nitrogen and oxygen atoms in total. The molecule has 2 aliphatic rings. The zero-order chi connectivity index (χ0) is 30.6. The summed E-state index contributed by atoms with van der Waals surface area (Å²) in [5, 5.41) is 21.1. The number of nitrogens with one attached hydrogen (secondary N) is 1. The lowest BCUT2D eigenvalue weighted by atomic mass is 9.92. The molecular weight excluding hydrogens is 547 g/mol. The molecule has 2 heterocycles. The van der Waals surface area contributed by atoms with Crippen molar-refractivity contribution in [2.24, 2.45) is 0 Å². The second-order valence-electron chi connectivity index (χ2n) is 11.6. The van der Waals surface area contributed by atoms with E-state index in [1.165, 1.54) is 30.6 Å². The van der Waals surface area contributed by atoms with Crippen LogP contribution in [0.2, 0.25) is 0 Å². The standard InChI is InChI=1S/C32H45BN4O6/c1-2-3-4-5-6-7-13-18-35(20-25-14-9-8-10-15-25)31(39)37-23-28(19-29(37)30(38)34-24-33(41)42)43-32(40)36-21-26-16-11-12-17-27(26)22-36/h8-12,14-17,28-29,41-42H,2-7,13,18-24H2,1H3,(H,34,38)/t28?,29-/m1/s1. The molecule has 0 bridgehead atoms. The van der Waals surface area contributed by atoms with Gasteiger partial charge in [-0.15, -0.1) is 0 Å². The Bertz CT molecular complexity index is 1170. The summed E-state index contributed by atoms with van der Waals surface area (Å²) in [7, 11) is -1.72. The Morgan fingerprint density at radius 1 is 0.930 bits per heavy atom. The van der Waals surface area contributed by atoms with E-state index in [-0.39, 0.29) is 25.4 Å². The second-order valence-corrected chi connectivity index (χ2v) is 11.6. The lowest BCUT2D eigenvalue weighted by molar-refractivity contribution is -0.124. The number of rotatable bonds is 14. The van der Waals surface area contributed by atoms with Gasteiger partial charge in [-0.25, -0.2) is 9.59 Å². The van der Waals surface area contributed by atoms with E-state index in [1.807, 2.05) is 54.6 Å². The Hall–Kier alpha value is -3.57. The minimum absolute atomic E-state index is 0.0768. The number of urea groups is 1. The first-order chi connectivity index (χ1) is 20.9. The lowest BCUT2D eigenvalue weighted by Gasteiger charge is -2.31. The van der Waals surface area contributed by atoms with Gasteiger partial charge in [0.2, 0.25) is 5.91 Å². The van der Waals surface area contributed by atoms with E-state index in [1.54, 1.807) is 9.80 Å². The van der Waals surface area contributed by atoms with Gasteiger partial charge in [-0.3, -0.25) is 9.69 Å². The van der Waals surface area contributed by atoms with Crippen LogP contribution in [0.15, 0.2) is 54.6 Å². The summed E-state index contributed by atoms with van der Waals surface area (Å²) in [5.41, 5.74) is 3.13. The summed E-state index contributed by atoms with van der Waals surface area (Å²) in [6.45, 7) is 4.11. The van der Waals surface area contributed by atoms with Crippen LogP contribution in [0.1, 0.15) is 75.0 Å². The molecule has 2 atom stereocenters. The molecule has 11 heteroatoms. The van der Waals surface area contributed by atoms with E-state index in [9.17, 15) is 24.4 Å². The quantitative estimate of drug-likeness (QED) is 0.225. The molecule has 2 aromatic rings. The first kappa shape index (κ1) is 32.4. The van der Waals surface area contributed by atoms with Crippen molar-refractivity contribution < 1.29 is 29.2 Å². The van der Waals surface area contributed by atoms with Crippen molar-refractivity contribution in [1.29, 1.82) is 0 Å². The minimum atomic E-state index is -1.72. The summed E-state index contributed by atoms with van der Waals surface area (Å²) in [4.78, 5) is 45.2. The molecule has 1 saturated heterocycles. The number of carbonyl (C=O) groups is 3. The van der Waals surface area contributed by atoms with Crippen molar-refractivity contribution in [3.8, 4) is 0 Å². The van der Waals surface area contributed by atoms with Gasteiger partial charge in [0.25, 0.3) is 0 Å². The Labute approximate surface area is 255 Å². The van der Waals surface area contributed by atoms with Gasteiger partial charge >= 0.3 is 19.2 Å². The summed E-state index contributed by atoms with van der Waals surface area (Å²) >= 11 is 0. The van der Waals surface area contributed by atoms with E-state index in [2.05, 4.69) is 12.2 Å². The molecule has 0 aromatic heterocycles. The molecule has 1 fully saturated rings. The Balaban J connectivity index is 1.44. The average Bonchev–Trinajstić information content (AvgIpc) is 3.64. The van der Waals surface area contributed by atoms with Gasteiger partial charge in [-0.05, 0) is 23.1 Å². The van der Waals surface area contributed by atoms with Crippen LogP contribution in [0, 0.1) is 0 Å². The highest BCUT2D eigenvalue weighted by atomic mass is 16.6. The highest BCUT2D eigenvalue weighted by Gasteiger charge is 2.43. The SMILES string of the molecule is CCCCCCCCCN(Cc1ccccc1)C(=O)N1CC(OC(=O)N2Cc3ccccc3C2)C[C@@H]1C(=O)NCB(O)O. The van der Waals surface area contributed by atoms with Gasteiger partial charge in [-0.1, -0.05) is 100 Å². The van der Waals surface area contributed by atoms with Crippen LogP contribution < -0.4 is 5.32 Å². The molecule has 3 N–H and O–H groups in total. The molecule has 4 amide bonds. The van der Waals surface area contributed by atoms with E-state index in [0.717, 1.165) is 36.0 Å². The first-order valence-corrected chi connectivity index (χ1v) is 15.6. The van der Waals surface area contributed by atoms with Crippen LogP contribution in [0.25, 0.3) is 0 Å². The number of carbonyl (C=O) groups excluding carboxylic acids is 3. The zero-order valence-corrected chi connectivity index (χ0v) is 25.2. The topological polar surface area (TPSA) is 123 Å². The van der Waals surface area contributed by atoms with E-state index in [4.69, 9.17) is 4.74 Å². The highest BCUT2D eigenvalue weighted by molar-refractivity contribution is 6.41. The number of benzene rings is 2. The fraction of sp³-hybridized carbons (Fsp3) is 0.531. The molecule has 1 unspecified atom stereocenters. The van der Waals surface area contributed by atoms with Crippen LogP contribution >= 0.6 is 0 Å². The van der Waals surface area contributed by atoms with Gasteiger partial charge in [0.05, 0.1) is 13.0 Å². The monoisotopic (exact) mass is 592 g/mol.